The third-order valence-electron chi connectivity index (χ3n) is 2.17. The summed E-state index contributed by atoms with van der Waals surface area (Å²) in [6, 6.07) is 16.1. The molecule has 0 saturated heterocycles. The van der Waals surface area contributed by atoms with E-state index in [1.165, 1.54) is 11.1 Å². The molecule has 2 nitrogen and oxygen atoms in total. The normalized spacial score (nSPS) is 8.36. The molecule has 0 amide bonds. The fourth-order valence-corrected chi connectivity index (χ4v) is 1.39. The van der Waals surface area contributed by atoms with E-state index in [4.69, 9.17) is 10.2 Å². The van der Waals surface area contributed by atoms with E-state index in [9.17, 15) is 0 Å². The average molecular weight is 341 g/mol. The van der Waals surface area contributed by atoms with E-state index in [-0.39, 0.29) is 13.2 Å². The van der Waals surface area contributed by atoms with Gasteiger partial charge in [-0.25, -0.2) is 0 Å². The smallest absolute Gasteiger partial charge is 0.0662 e. The van der Waals surface area contributed by atoms with Crippen LogP contribution in [0.5, 0.6) is 0 Å². The van der Waals surface area contributed by atoms with Crippen LogP contribution in [0.1, 0.15) is 25.0 Å². The number of hydrogen-bond donors (Lipinski definition) is 4. The Bertz CT molecular complexity index is 366. The summed E-state index contributed by atoms with van der Waals surface area (Å²) in [6.45, 7) is 7.88. The highest BCUT2D eigenvalue weighted by molar-refractivity contribution is 7.80. The van der Waals surface area contributed by atoms with Gasteiger partial charge in [-0.15, -0.1) is 25.3 Å². The largest absolute Gasteiger partial charge is 0.394 e. The van der Waals surface area contributed by atoms with Crippen LogP contribution < -0.4 is 0 Å². The van der Waals surface area contributed by atoms with Gasteiger partial charge in [-0.1, -0.05) is 49.2 Å². The molecule has 0 heterocycles. The van der Waals surface area contributed by atoms with Crippen LogP contribution in [-0.2, 0) is 0 Å². The summed E-state index contributed by atoms with van der Waals surface area (Å²) in [4.78, 5) is 2.05. The molecule has 0 saturated carbocycles. The molecule has 2 aromatic rings. The molecule has 124 valence electrons. The molecule has 22 heavy (non-hydrogen) atoms. The molecule has 0 spiro atoms. The maximum atomic E-state index is 7.62. The minimum Gasteiger partial charge on any atom is -0.394 e. The zero-order chi connectivity index (χ0) is 17.4. The maximum Gasteiger partial charge on any atom is 0.0662 e. The zero-order valence-electron chi connectivity index (χ0n) is 13.8. The number of rotatable bonds is 1. The predicted octanol–water partition coefficient (Wildman–Crippen LogP) is 4.56. The van der Waals surface area contributed by atoms with Gasteiger partial charge in [0.1, 0.15) is 0 Å². The van der Waals surface area contributed by atoms with Gasteiger partial charge in [-0.05, 0) is 38.1 Å². The van der Waals surface area contributed by atoms with Crippen molar-refractivity contribution in [1.82, 2.24) is 0 Å². The Labute approximate surface area is 146 Å². The summed E-state index contributed by atoms with van der Waals surface area (Å²) < 4.78 is 0. The number of aryl methyl sites for hydroxylation is 2. The highest BCUT2D eigenvalue weighted by Crippen LogP contribution is 2.06. The van der Waals surface area contributed by atoms with Gasteiger partial charge in [0.05, 0.1) is 13.2 Å². The molecule has 0 atom stereocenters. The summed E-state index contributed by atoms with van der Waals surface area (Å²) >= 11 is 8.26. The fourth-order valence-electron chi connectivity index (χ4n) is 1.09. The second kappa shape index (κ2) is 16.4. The molecule has 2 aromatic carbocycles. The van der Waals surface area contributed by atoms with E-state index < -0.39 is 0 Å². The van der Waals surface area contributed by atoms with Crippen molar-refractivity contribution in [3.63, 3.8) is 0 Å². The van der Waals surface area contributed by atoms with Crippen LogP contribution in [0.4, 0.5) is 0 Å². The SMILES string of the molecule is CC.Cc1ccc(S)cc1.Cc1ccc(S)cc1.OCCO. The topological polar surface area (TPSA) is 40.5 Å². The Hall–Kier alpha value is -0.940. The van der Waals surface area contributed by atoms with E-state index in [1.54, 1.807) is 0 Å². The second-order valence-electron chi connectivity index (χ2n) is 4.12. The zero-order valence-corrected chi connectivity index (χ0v) is 15.6. The van der Waals surface area contributed by atoms with Gasteiger partial charge in [-0.3, -0.25) is 0 Å². The van der Waals surface area contributed by atoms with E-state index >= 15 is 0 Å². The third kappa shape index (κ3) is 15.4. The lowest BCUT2D eigenvalue weighted by Gasteiger charge is -1.89. The summed E-state index contributed by atoms with van der Waals surface area (Å²) in [5.74, 6) is 0. The van der Waals surface area contributed by atoms with E-state index in [0.29, 0.717) is 0 Å². The third-order valence-corrected chi connectivity index (χ3v) is 2.76. The van der Waals surface area contributed by atoms with Gasteiger partial charge in [-0.2, -0.15) is 0 Å². The van der Waals surface area contributed by atoms with Crippen LogP contribution in [0.2, 0.25) is 0 Å². The van der Waals surface area contributed by atoms with Crippen molar-refractivity contribution < 1.29 is 10.2 Å². The first-order valence-electron chi connectivity index (χ1n) is 7.22. The van der Waals surface area contributed by atoms with Crippen molar-refractivity contribution in [2.45, 2.75) is 37.5 Å². The van der Waals surface area contributed by atoms with Crippen LogP contribution in [0.25, 0.3) is 0 Å². The lowest BCUT2D eigenvalue weighted by molar-refractivity contribution is 0.186. The van der Waals surface area contributed by atoms with Gasteiger partial charge in [0.2, 0.25) is 0 Å². The number of aliphatic hydroxyl groups is 2. The van der Waals surface area contributed by atoms with Crippen LogP contribution in [0, 0.1) is 13.8 Å². The molecule has 0 aliphatic rings. The van der Waals surface area contributed by atoms with E-state index in [1.807, 2.05) is 62.4 Å². The summed E-state index contributed by atoms with van der Waals surface area (Å²) in [7, 11) is 0. The maximum absolute atomic E-state index is 7.62. The molecule has 0 aliphatic carbocycles. The molecule has 0 bridgehead atoms. The fraction of sp³-hybridized carbons (Fsp3) is 0.333. The lowest BCUT2D eigenvalue weighted by Crippen LogP contribution is -1.85. The van der Waals surface area contributed by atoms with Crippen molar-refractivity contribution in [2.75, 3.05) is 13.2 Å². The van der Waals surface area contributed by atoms with Crippen LogP contribution >= 0.6 is 25.3 Å². The van der Waals surface area contributed by atoms with Crippen molar-refractivity contribution in [3.05, 3.63) is 59.7 Å². The molecular formula is C18H28O2S2. The van der Waals surface area contributed by atoms with Crippen molar-refractivity contribution in [2.24, 2.45) is 0 Å². The van der Waals surface area contributed by atoms with Gasteiger partial charge in [0, 0.05) is 9.79 Å². The minimum absolute atomic E-state index is 0.125. The van der Waals surface area contributed by atoms with Crippen LogP contribution in [0.3, 0.4) is 0 Å². The Kier molecular flexibility index (Phi) is 17.4. The van der Waals surface area contributed by atoms with Crippen molar-refractivity contribution in [3.8, 4) is 0 Å². The number of hydrogen-bond acceptors (Lipinski definition) is 4. The molecule has 0 aliphatic heterocycles. The predicted molar refractivity (Wildman–Crippen MR) is 102 cm³/mol. The Morgan fingerprint density at radius 1 is 0.636 bits per heavy atom. The van der Waals surface area contributed by atoms with Gasteiger partial charge in [0.25, 0.3) is 0 Å². The highest BCUT2D eigenvalue weighted by atomic mass is 32.1. The van der Waals surface area contributed by atoms with Gasteiger partial charge >= 0.3 is 0 Å². The van der Waals surface area contributed by atoms with Gasteiger partial charge < -0.3 is 10.2 Å². The first-order valence-corrected chi connectivity index (χ1v) is 8.12. The number of thiol groups is 2. The quantitative estimate of drug-likeness (QED) is 0.575. The summed E-state index contributed by atoms with van der Waals surface area (Å²) in [5.41, 5.74) is 2.56. The van der Waals surface area contributed by atoms with Crippen LogP contribution in [0.15, 0.2) is 58.3 Å². The summed E-state index contributed by atoms with van der Waals surface area (Å²) in [5, 5.41) is 15.2. The molecule has 4 heteroatoms. The van der Waals surface area contributed by atoms with Crippen molar-refractivity contribution >= 4 is 25.3 Å². The minimum atomic E-state index is -0.125. The second-order valence-corrected chi connectivity index (χ2v) is 5.15. The average Bonchev–Trinajstić information content (AvgIpc) is 2.56. The number of benzene rings is 2. The first-order chi connectivity index (χ1) is 10.5. The molecule has 0 unspecified atom stereocenters. The molecule has 0 radical (unpaired) electrons. The Morgan fingerprint density at radius 2 is 0.864 bits per heavy atom. The van der Waals surface area contributed by atoms with E-state index in [0.717, 1.165) is 9.79 Å². The molecule has 2 rings (SSSR count). The number of aliphatic hydroxyl groups excluding tert-OH is 2. The molecule has 0 aromatic heterocycles. The van der Waals surface area contributed by atoms with Crippen molar-refractivity contribution in [1.29, 1.82) is 0 Å². The van der Waals surface area contributed by atoms with E-state index in [2.05, 4.69) is 39.1 Å². The standard InChI is InChI=1S/2C7H8S.C2H6O2.C2H6/c2*1-6-2-4-7(8)5-3-6;3-1-2-4;1-2/h2*2-5,8H,1H3;3-4H,1-2H2;1-2H3. The lowest BCUT2D eigenvalue weighted by atomic mass is 10.2. The summed E-state index contributed by atoms with van der Waals surface area (Å²) in [6.07, 6.45) is 0. The highest BCUT2D eigenvalue weighted by Gasteiger charge is 1.81. The first kappa shape index (κ1) is 23.3. The molecule has 0 fully saturated rings. The molecule has 2 N–H and O–H groups in total. The van der Waals surface area contributed by atoms with Gasteiger partial charge in [0.15, 0.2) is 0 Å². The Morgan fingerprint density at radius 3 is 1.00 bits per heavy atom. The Balaban J connectivity index is 0. The monoisotopic (exact) mass is 340 g/mol. The van der Waals surface area contributed by atoms with Crippen LogP contribution in [-0.4, -0.2) is 23.4 Å². The molecular weight excluding hydrogens is 312 g/mol.